The molecule has 0 amide bonds. The van der Waals surface area contributed by atoms with Crippen LogP contribution in [0.1, 0.15) is 31.9 Å². The molecule has 2 atom stereocenters. The van der Waals surface area contributed by atoms with E-state index in [1.165, 1.54) is 12.0 Å². The monoisotopic (exact) mass is 264 g/mol. The molecule has 0 aromatic heterocycles. The number of nitrogens with one attached hydrogen (secondary N) is 1. The first kappa shape index (κ1) is 16.0. The third kappa shape index (κ3) is 5.21. The van der Waals surface area contributed by atoms with E-state index in [1.54, 1.807) is 7.11 Å². The molecule has 0 saturated heterocycles. The molecule has 2 unspecified atom stereocenters. The second-order valence-electron chi connectivity index (χ2n) is 5.35. The minimum Gasteiger partial charge on any atom is -0.497 e. The van der Waals surface area contributed by atoms with E-state index in [9.17, 15) is 0 Å². The van der Waals surface area contributed by atoms with Crippen molar-refractivity contribution in [3.63, 3.8) is 0 Å². The zero-order chi connectivity index (χ0) is 14.3. The van der Waals surface area contributed by atoms with Gasteiger partial charge >= 0.3 is 0 Å². The van der Waals surface area contributed by atoms with Gasteiger partial charge in [-0.25, -0.2) is 0 Å². The SMILES string of the molecule is CCC(C)CN(C)CC(NC)c1cccc(OC)c1. The molecule has 108 valence electrons. The zero-order valence-electron chi connectivity index (χ0n) is 12.9. The first-order valence-electron chi connectivity index (χ1n) is 7.10. The number of hydrogen-bond acceptors (Lipinski definition) is 3. The van der Waals surface area contributed by atoms with E-state index >= 15 is 0 Å². The van der Waals surface area contributed by atoms with Gasteiger partial charge in [-0.2, -0.15) is 0 Å². The number of nitrogens with zero attached hydrogens (tertiary/aromatic N) is 1. The van der Waals surface area contributed by atoms with Crippen LogP contribution in [-0.4, -0.2) is 39.2 Å². The van der Waals surface area contributed by atoms with Crippen molar-refractivity contribution in [1.29, 1.82) is 0 Å². The maximum Gasteiger partial charge on any atom is 0.119 e. The Kier molecular flexibility index (Phi) is 6.89. The Bertz CT molecular complexity index is 368. The van der Waals surface area contributed by atoms with Gasteiger partial charge in [-0.05, 0) is 37.7 Å². The van der Waals surface area contributed by atoms with Crippen molar-refractivity contribution < 1.29 is 4.74 Å². The summed E-state index contributed by atoms with van der Waals surface area (Å²) in [6, 6.07) is 8.63. The molecule has 0 fully saturated rings. The van der Waals surface area contributed by atoms with Gasteiger partial charge in [0, 0.05) is 19.1 Å². The van der Waals surface area contributed by atoms with E-state index in [2.05, 4.69) is 43.2 Å². The molecule has 1 rings (SSSR count). The summed E-state index contributed by atoms with van der Waals surface area (Å²) >= 11 is 0. The molecule has 19 heavy (non-hydrogen) atoms. The van der Waals surface area contributed by atoms with Crippen LogP contribution < -0.4 is 10.1 Å². The Hall–Kier alpha value is -1.06. The van der Waals surface area contributed by atoms with Crippen molar-refractivity contribution in [1.82, 2.24) is 10.2 Å². The highest BCUT2D eigenvalue weighted by atomic mass is 16.5. The van der Waals surface area contributed by atoms with Crippen LogP contribution in [0, 0.1) is 5.92 Å². The van der Waals surface area contributed by atoms with Crippen molar-refractivity contribution >= 4 is 0 Å². The van der Waals surface area contributed by atoms with E-state index in [1.807, 2.05) is 19.2 Å². The second kappa shape index (κ2) is 8.18. The maximum absolute atomic E-state index is 5.30. The van der Waals surface area contributed by atoms with Gasteiger partial charge in [0.2, 0.25) is 0 Å². The summed E-state index contributed by atoms with van der Waals surface area (Å²) in [5, 5.41) is 3.39. The Morgan fingerprint density at radius 2 is 2.05 bits per heavy atom. The number of hydrogen-bond donors (Lipinski definition) is 1. The number of methoxy groups -OCH3 is 1. The zero-order valence-corrected chi connectivity index (χ0v) is 12.9. The van der Waals surface area contributed by atoms with E-state index in [-0.39, 0.29) is 0 Å². The van der Waals surface area contributed by atoms with Gasteiger partial charge in [-0.1, -0.05) is 32.4 Å². The van der Waals surface area contributed by atoms with Crippen LogP contribution in [0.3, 0.4) is 0 Å². The van der Waals surface area contributed by atoms with Crippen LogP contribution in [-0.2, 0) is 0 Å². The van der Waals surface area contributed by atoms with Crippen LogP contribution in [0.5, 0.6) is 5.75 Å². The standard InChI is InChI=1S/C16H28N2O/c1-6-13(2)11-18(4)12-16(17-3)14-8-7-9-15(10-14)19-5/h7-10,13,16-17H,6,11-12H2,1-5H3. The number of likely N-dealkylation sites (N-methyl/N-ethyl adjacent to an activating group) is 2. The fraction of sp³-hybridized carbons (Fsp3) is 0.625. The smallest absolute Gasteiger partial charge is 0.119 e. The lowest BCUT2D eigenvalue weighted by molar-refractivity contribution is 0.256. The average Bonchev–Trinajstić information content (AvgIpc) is 2.44. The topological polar surface area (TPSA) is 24.5 Å². The highest BCUT2D eigenvalue weighted by Crippen LogP contribution is 2.20. The molecule has 1 aromatic carbocycles. The Labute approximate surface area is 118 Å². The Morgan fingerprint density at radius 3 is 2.63 bits per heavy atom. The molecule has 0 aliphatic heterocycles. The van der Waals surface area contributed by atoms with Gasteiger partial charge in [-0.15, -0.1) is 0 Å². The normalized spacial score (nSPS) is 14.4. The summed E-state index contributed by atoms with van der Waals surface area (Å²) in [4.78, 5) is 2.40. The van der Waals surface area contributed by atoms with Gasteiger partial charge in [0.1, 0.15) is 5.75 Å². The number of benzene rings is 1. The molecule has 3 nitrogen and oxygen atoms in total. The van der Waals surface area contributed by atoms with Crippen LogP contribution in [0.15, 0.2) is 24.3 Å². The predicted octanol–water partition coefficient (Wildman–Crippen LogP) is 2.93. The first-order valence-corrected chi connectivity index (χ1v) is 7.10. The number of ether oxygens (including phenoxy) is 1. The molecular formula is C16H28N2O. The fourth-order valence-corrected chi connectivity index (χ4v) is 2.27. The van der Waals surface area contributed by atoms with Crippen molar-refractivity contribution in [2.75, 3.05) is 34.3 Å². The Balaban J connectivity index is 2.66. The highest BCUT2D eigenvalue weighted by molar-refractivity contribution is 5.30. The van der Waals surface area contributed by atoms with E-state index in [0.29, 0.717) is 6.04 Å². The second-order valence-corrected chi connectivity index (χ2v) is 5.35. The molecule has 0 saturated carbocycles. The largest absolute Gasteiger partial charge is 0.497 e. The molecule has 0 spiro atoms. The van der Waals surface area contributed by atoms with Gasteiger partial charge in [0.25, 0.3) is 0 Å². The minimum absolute atomic E-state index is 0.337. The first-order chi connectivity index (χ1) is 9.10. The van der Waals surface area contributed by atoms with Gasteiger partial charge in [-0.3, -0.25) is 0 Å². The minimum atomic E-state index is 0.337. The van der Waals surface area contributed by atoms with Gasteiger partial charge in [0.05, 0.1) is 7.11 Å². The summed E-state index contributed by atoms with van der Waals surface area (Å²) in [6.07, 6.45) is 1.23. The summed E-state index contributed by atoms with van der Waals surface area (Å²) < 4.78 is 5.30. The lowest BCUT2D eigenvalue weighted by Crippen LogP contribution is -2.33. The maximum atomic E-state index is 5.30. The van der Waals surface area contributed by atoms with Crippen molar-refractivity contribution in [3.05, 3.63) is 29.8 Å². The lowest BCUT2D eigenvalue weighted by atomic mass is 10.0. The molecule has 0 aliphatic rings. The van der Waals surface area contributed by atoms with E-state index < -0.39 is 0 Å². The molecule has 0 radical (unpaired) electrons. The summed E-state index contributed by atoms with van der Waals surface area (Å²) in [5.41, 5.74) is 1.28. The highest BCUT2D eigenvalue weighted by Gasteiger charge is 2.14. The molecule has 1 aromatic rings. The summed E-state index contributed by atoms with van der Waals surface area (Å²) in [7, 11) is 5.92. The van der Waals surface area contributed by atoms with Crippen LogP contribution >= 0.6 is 0 Å². The van der Waals surface area contributed by atoms with Crippen LogP contribution in [0.2, 0.25) is 0 Å². The van der Waals surface area contributed by atoms with Crippen LogP contribution in [0.4, 0.5) is 0 Å². The molecule has 0 heterocycles. The van der Waals surface area contributed by atoms with Crippen molar-refractivity contribution in [2.45, 2.75) is 26.3 Å². The van der Waals surface area contributed by atoms with Crippen molar-refractivity contribution in [3.8, 4) is 5.75 Å². The number of rotatable bonds is 8. The lowest BCUT2D eigenvalue weighted by Gasteiger charge is -2.26. The summed E-state index contributed by atoms with van der Waals surface area (Å²) in [5.74, 6) is 1.66. The molecule has 0 aliphatic carbocycles. The average molecular weight is 264 g/mol. The van der Waals surface area contributed by atoms with Gasteiger partial charge < -0.3 is 15.0 Å². The Morgan fingerprint density at radius 1 is 1.32 bits per heavy atom. The van der Waals surface area contributed by atoms with Gasteiger partial charge in [0.15, 0.2) is 0 Å². The molecule has 0 bridgehead atoms. The van der Waals surface area contributed by atoms with Crippen molar-refractivity contribution in [2.24, 2.45) is 5.92 Å². The van der Waals surface area contributed by atoms with E-state index in [4.69, 9.17) is 4.74 Å². The third-order valence-corrected chi connectivity index (χ3v) is 3.66. The fourth-order valence-electron chi connectivity index (χ4n) is 2.27. The quantitative estimate of drug-likeness (QED) is 0.781. The van der Waals surface area contributed by atoms with E-state index in [0.717, 1.165) is 24.8 Å². The summed E-state index contributed by atoms with van der Waals surface area (Å²) in [6.45, 7) is 6.69. The predicted molar refractivity (Wildman–Crippen MR) is 81.7 cm³/mol. The molecular weight excluding hydrogens is 236 g/mol. The third-order valence-electron chi connectivity index (χ3n) is 3.66. The molecule has 1 N–H and O–H groups in total. The van der Waals surface area contributed by atoms with Crippen LogP contribution in [0.25, 0.3) is 0 Å². The molecule has 3 heteroatoms.